The van der Waals surface area contributed by atoms with Crippen molar-refractivity contribution in [2.45, 2.75) is 36.5 Å². The first kappa shape index (κ1) is 23.9. The third kappa shape index (κ3) is 3.27. The molecule has 1 N–H and O–H groups in total. The Labute approximate surface area is 227 Å². The van der Waals surface area contributed by atoms with Crippen molar-refractivity contribution < 1.29 is 19.1 Å². The monoisotopic (exact) mass is 546 g/mol. The maximum Gasteiger partial charge on any atom is 0.338 e. The highest BCUT2D eigenvalue weighted by Gasteiger charge is 2.69. The van der Waals surface area contributed by atoms with Gasteiger partial charge >= 0.3 is 10.8 Å². The number of thioether (sulfide) groups is 1. The topological polar surface area (TPSA) is 96.5 Å². The lowest BCUT2D eigenvalue weighted by Gasteiger charge is -2.43. The SMILES string of the molecule is CCOC(=O)c1ccc(N2C(=O)[C@@H]3[C@@H]4C[C@H]([C@H]5Sc6[nH]c(=O)sc6[C@H](c6ccccc6C)[C@H]45)[C@@H]3C2=O)cc1. The molecule has 3 heterocycles. The second kappa shape index (κ2) is 8.68. The lowest BCUT2D eigenvalue weighted by molar-refractivity contribution is -0.123. The molecule has 2 aromatic carbocycles. The highest BCUT2D eigenvalue weighted by Crippen LogP contribution is 2.68. The number of carbonyl (C=O) groups is 3. The van der Waals surface area contributed by atoms with Gasteiger partial charge in [0.25, 0.3) is 0 Å². The summed E-state index contributed by atoms with van der Waals surface area (Å²) in [4.78, 5) is 57.6. The summed E-state index contributed by atoms with van der Waals surface area (Å²) in [6, 6.07) is 14.8. The summed E-state index contributed by atoms with van der Waals surface area (Å²) in [7, 11) is 0. The predicted octanol–water partition coefficient (Wildman–Crippen LogP) is 4.60. The first-order valence-corrected chi connectivity index (χ1v) is 14.7. The molecular formula is C29H26N2O5S2. The lowest BCUT2D eigenvalue weighted by Crippen LogP contribution is -2.42. The van der Waals surface area contributed by atoms with Crippen LogP contribution in [0.1, 0.15) is 45.6 Å². The van der Waals surface area contributed by atoms with Crippen molar-refractivity contribution in [1.82, 2.24) is 4.98 Å². The normalized spacial score (nSPS) is 30.8. The molecule has 2 bridgehead atoms. The first-order valence-electron chi connectivity index (χ1n) is 13.0. The van der Waals surface area contributed by atoms with Crippen LogP contribution in [0.4, 0.5) is 5.69 Å². The van der Waals surface area contributed by atoms with E-state index in [9.17, 15) is 19.2 Å². The van der Waals surface area contributed by atoms with Gasteiger partial charge in [-0.05, 0) is 73.4 Å². The molecule has 4 aliphatic rings. The summed E-state index contributed by atoms with van der Waals surface area (Å²) >= 11 is 2.97. The van der Waals surface area contributed by atoms with Crippen molar-refractivity contribution in [2.24, 2.45) is 29.6 Å². The predicted molar refractivity (Wildman–Crippen MR) is 145 cm³/mol. The van der Waals surface area contributed by atoms with Crippen LogP contribution in [-0.2, 0) is 14.3 Å². The van der Waals surface area contributed by atoms with E-state index in [1.165, 1.54) is 27.4 Å². The number of benzene rings is 2. The van der Waals surface area contributed by atoms with Gasteiger partial charge in [0.05, 0.1) is 34.7 Å². The fourth-order valence-electron chi connectivity index (χ4n) is 7.52. The molecule has 2 aliphatic heterocycles. The van der Waals surface area contributed by atoms with Crippen LogP contribution in [0.2, 0.25) is 0 Å². The number of aromatic nitrogens is 1. The number of carbonyl (C=O) groups excluding carboxylic acids is 3. The number of H-pyrrole nitrogens is 1. The second-order valence-corrected chi connectivity index (χ2v) is 12.8. The molecule has 1 aromatic heterocycles. The number of hydrogen-bond donors (Lipinski definition) is 1. The molecule has 0 unspecified atom stereocenters. The minimum atomic E-state index is -0.429. The van der Waals surface area contributed by atoms with Crippen molar-refractivity contribution in [1.29, 1.82) is 0 Å². The molecule has 2 aliphatic carbocycles. The molecule has 7 atom stereocenters. The zero-order valence-corrected chi connectivity index (χ0v) is 22.5. The van der Waals surface area contributed by atoms with E-state index in [1.54, 1.807) is 43.0 Å². The maximum absolute atomic E-state index is 13.9. The van der Waals surface area contributed by atoms with Gasteiger partial charge in [-0.25, -0.2) is 4.79 Å². The van der Waals surface area contributed by atoms with Crippen molar-refractivity contribution in [3.05, 3.63) is 79.8 Å². The number of hydrogen-bond acceptors (Lipinski definition) is 7. The molecule has 1 saturated heterocycles. The van der Waals surface area contributed by atoms with Crippen LogP contribution < -0.4 is 9.77 Å². The minimum Gasteiger partial charge on any atom is -0.462 e. The second-order valence-electron chi connectivity index (χ2n) is 10.6. The maximum atomic E-state index is 13.9. The summed E-state index contributed by atoms with van der Waals surface area (Å²) in [5, 5.41) is 1.08. The van der Waals surface area contributed by atoms with Crippen molar-refractivity contribution in [3.63, 3.8) is 0 Å². The quantitative estimate of drug-likeness (QED) is 0.380. The molecule has 7 rings (SSSR count). The number of anilines is 1. The first-order chi connectivity index (χ1) is 18.4. The van der Waals surface area contributed by atoms with Gasteiger partial charge in [0, 0.05) is 16.0 Å². The Balaban J connectivity index is 1.26. The highest BCUT2D eigenvalue weighted by atomic mass is 32.2. The van der Waals surface area contributed by atoms with E-state index in [0.29, 0.717) is 11.3 Å². The van der Waals surface area contributed by atoms with E-state index in [0.717, 1.165) is 16.3 Å². The van der Waals surface area contributed by atoms with Gasteiger partial charge in [0.15, 0.2) is 0 Å². The summed E-state index contributed by atoms with van der Waals surface area (Å²) in [6.45, 7) is 4.13. The third-order valence-electron chi connectivity index (χ3n) is 8.88. The van der Waals surface area contributed by atoms with Crippen molar-refractivity contribution in [3.8, 4) is 0 Å². The van der Waals surface area contributed by atoms with Gasteiger partial charge in [0.2, 0.25) is 11.8 Å². The standard InChI is InChI=1S/C29H26N2O5S2/c1-3-36-28(34)14-8-10-15(11-9-14)31-26(32)21-17-12-18(22(21)27(31)33)23-20(17)19(16-7-5-4-6-13(16)2)24-25(37-23)30-29(35)38-24/h4-11,17-23H,3,12H2,1-2H3,(H,30,35)/t17-,18+,19-,20+,21-,22+,23-/m1/s1. The van der Waals surface area contributed by atoms with E-state index in [4.69, 9.17) is 4.74 Å². The third-order valence-corrected chi connectivity index (χ3v) is 11.5. The molecule has 0 spiro atoms. The molecule has 38 heavy (non-hydrogen) atoms. The van der Waals surface area contributed by atoms with Crippen LogP contribution in [0.3, 0.4) is 0 Å². The van der Waals surface area contributed by atoms with Crippen LogP contribution in [-0.4, -0.2) is 34.6 Å². The van der Waals surface area contributed by atoms with E-state index in [-0.39, 0.29) is 64.1 Å². The molecule has 3 aromatic rings. The summed E-state index contributed by atoms with van der Waals surface area (Å²) in [5.74, 6) is -1.09. The van der Waals surface area contributed by atoms with Gasteiger partial charge in [-0.2, -0.15) is 0 Å². The van der Waals surface area contributed by atoms with Crippen LogP contribution >= 0.6 is 23.1 Å². The number of rotatable bonds is 4. The Morgan fingerprint density at radius 3 is 2.45 bits per heavy atom. The number of esters is 1. The van der Waals surface area contributed by atoms with Gasteiger partial charge in [0.1, 0.15) is 0 Å². The van der Waals surface area contributed by atoms with Crippen LogP contribution in [0.15, 0.2) is 58.4 Å². The number of thiazole rings is 1. The van der Waals surface area contributed by atoms with Crippen molar-refractivity contribution in [2.75, 3.05) is 11.5 Å². The summed E-state index contributed by atoms with van der Waals surface area (Å²) in [6.07, 6.45) is 0.854. The number of nitrogens with zero attached hydrogens (tertiary/aromatic N) is 1. The molecule has 2 amide bonds. The molecule has 7 nitrogen and oxygen atoms in total. The fraction of sp³-hybridized carbons (Fsp3) is 0.379. The number of fused-ring (bicyclic) bond motifs is 9. The lowest BCUT2D eigenvalue weighted by atomic mass is 9.67. The van der Waals surface area contributed by atoms with E-state index in [1.807, 2.05) is 12.1 Å². The Morgan fingerprint density at radius 1 is 1.03 bits per heavy atom. The zero-order valence-electron chi connectivity index (χ0n) is 20.9. The van der Waals surface area contributed by atoms with Gasteiger partial charge in [-0.15, -0.1) is 11.8 Å². The molecule has 194 valence electrons. The number of nitrogens with one attached hydrogen (secondary N) is 1. The Kier molecular flexibility index (Phi) is 5.46. The minimum absolute atomic E-state index is 0.0261. The number of aromatic amines is 1. The molecule has 3 fully saturated rings. The smallest absolute Gasteiger partial charge is 0.338 e. The number of ether oxygens (including phenoxy) is 1. The Bertz CT molecular complexity index is 1540. The average Bonchev–Trinajstić information content (AvgIpc) is 3.64. The summed E-state index contributed by atoms with van der Waals surface area (Å²) in [5.41, 5.74) is 3.26. The number of amides is 2. The van der Waals surface area contributed by atoms with E-state index in [2.05, 4.69) is 24.0 Å². The van der Waals surface area contributed by atoms with E-state index < -0.39 is 5.97 Å². The van der Waals surface area contributed by atoms with E-state index >= 15 is 0 Å². The van der Waals surface area contributed by atoms with Gasteiger partial charge < -0.3 is 9.72 Å². The largest absolute Gasteiger partial charge is 0.462 e. The highest BCUT2D eigenvalue weighted by molar-refractivity contribution is 8.00. The van der Waals surface area contributed by atoms with Crippen LogP contribution in [0, 0.1) is 36.5 Å². The molecule has 9 heteroatoms. The Hall–Kier alpha value is -3.17. The summed E-state index contributed by atoms with van der Waals surface area (Å²) < 4.78 is 5.06. The molecule has 2 saturated carbocycles. The fourth-order valence-corrected chi connectivity index (χ4v) is 10.4. The van der Waals surface area contributed by atoms with Gasteiger partial charge in [-0.3, -0.25) is 19.3 Å². The molecule has 0 radical (unpaired) electrons. The number of aryl methyl sites for hydroxylation is 1. The number of imide groups is 1. The van der Waals surface area contributed by atoms with Crippen LogP contribution in [0.25, 0.3) is 0 Å². The van der Waals surface area contributed by atoms with Crippen molar-refractivity contribution >= 4 is 46.6 Å². The van der Waals surface area contributed by atoms with Gasteiger partial charge in [-0.1, -0.05) is 35.6 Å². The average molecular weight is 547 g/mol. The Morgan fingerprint density at radius 2 is 1.74 bits per heavy atom. The zero-order chi connectivity index (χ0) is 26.3. The molecular weight excluding hydrogens is 520 g/mol. The van der Waals surface area contributed by atoms with Crippen LogP contribution in [0.5, 0.6) is 0 Å².